The van der Waals surface area contributed by atoms with Crippen LogP contribution in [0, 0.1) is 23.7 Å². The number of hydrogen-bond acceptors (Lipinski definition) is 5. The highest BCUT2D eigenvalue weighted by molar-refractivity contribution is 5.74. The summed E-state index contributed by atoms with van der Waals surface area (Å²) in [4.78, 5) is 24.4. The first-order chi connectivity index (χ1) is 11.0. The maximum atomic E-state index is 12.6. The van der Waals surface area contributed by atoms with Gasteiger partial charge in [0.05, 0.1) is 5.92 Å². The smallest absolute Gasteiger partial charge is 0.312 e. The molecule has 1 saturated carbocycles. The predicted molar refractivity (Wildman–Crippen MR) is 81.8 cm³/mol. The first kappa shape index (κ1) is 15.6. The van der Waals surface area contributed by atoms with Gasteiger partial charge in [-0.2, -0.15) is 0 Å². The second-order valence-corrected chi connectivity index (χ2v) is 7.76. The molecule has 5 heteroatoms. The van der Waals surface area contributed by atoms with Gasteiger partial charge in [-0.15, -0.1) is 0 Å². The third-order valence-corrected chi connectivity index (χ3v) is 6.41. The number of hydrogen-bond donors (Lipinski definition) is 0. The normalized spacial score (nSPS) is 52.1. The molecule has 5 rings (SSSR count). The van der Waals surface area contributed by atoms with Crippen molar-refractivity contribution < 1.29 is 24.0 Å². The van der Waals surface area contributed by atoms with Gasteiger partial charge in [-0.25, -0.2) is 9.78 Å². The minimum atomic E-state index is -0.812. The van der Waals surface area contributed by atoms with Gasteiger partial charge < -0.3 is 9.47 Å². The van der Waals surface area contributed by atoms with Crippen LogP contribution >= 0.6 is 0 Å². The Bertz CT molecular complexity index is 532. The Balaban J connectivity index is 1.77. The van der Waals surface area contributed by atoms with E-state index in [0.717, 1.165) is 25.7 Å². The summed E-state index contributed by atoms with van der Waals surface area (Å²) in [5.74, 6) is -0.233. The van der Waals surface area contributed by atoms with E-state index in [0.29, 0.717) is 18.3 Å². The molecular formula is C18H26O5. The zero-order valence-electron chi connectivity index (χ0n) is 14.1. The topological polar surface area (TPSA) is 54.0 Å². The van der Waals surface area contributed by atoms with Gasteiger partial charge in [0.1, 0.15) is 0 Å². The molecular weight excluding hydrogens is 296 g/mol. The lowest BCUT2D eigenvalue weighted by Crippen LogP contribution is -2.69. The number of esters is 1. The molecule has 23 heavy (non-hydrogen) atoms. The number of carbonyl (C=O) groups is 1. The molecule has 4 aliphatic heterocycles. The lowest BCUT2D eigenvalue weighted by atomic mass is 9.57. The first-order valence-corrected chi connectivity index (χ1v) is 8.86. The number of rotatable bonds is 2. The van der Waals surface area contributed by atoms with Crippen molar-refractivity contribution in [3.8, 4) is 0 Å². The quantitative estimate of drug-likeness (QED) is 0.443. The van der Waals surface area contributed by atoms with E-state index in [1.807, 2.05) is 26.0 Å². The summed E-state index contributed by atoms with van der Waals surface area (Å²) in [6.07, 6.45) is 7.90. The largest absolute Gasteiger partial charge is 0.432 e. The second kappa shape index (κ2) is 5.30. The SMILES string of the molecule is C/C=C\C[C@H]1C(=O)O[C@@H]2O[C@@]3(C)CC[C@H]4[C@H](C)CC[C@@H]1[C@@]24OO3. The molecule has 4 saturated heterocycles. The zero-order chi connectivity index (χ0) is 16.2. The lowest BCUT2D eigenvalue weighted by molar-refractivity contribution is -0.559. The minimum Gasteiger partial charge on any atom is -0.432 e. The van der Waals surface area contributed by atoms with Crippen molar-refractivity contribution >= 4 is 5.97 Å². The van der Waals surface area contributed by atoms with Crippen LogP contribution in [0.4, 0.5) is 0 Å². The van der Waals surface area contributed by atoms with Crippen LogP contribution in [-0.4, -0.2) is 23.6 Å². The van der Waals surface area contributed by atoms with E-state index < -0.39 is 17.7 Å². The van der Waals surface area contributed by atoms with Crippen molar-refractivity contribution in [2.24, 2.45) is 23.7 Å². The fourth-order valence-corrected chi connectivity index (χ4v) is 5.16. The van der Waals surface area contributed by atoms with Crippen LogP contribution in [0.3, 0.4) is 0 Å². The van der Waals surface area contributed by atoms with E-state index in [2.05, 4.69) is 6.92 Å². The van der Waals surface area contributed by atoms with Gasteiger partial charge in [0, 0.05) is 18.3 Å². The average Bonchev–Trinajstić information content (AvgIpc) is 2.74. The molecule has 0 N–H and O–H groups in total. The van der Waals surface area contributed by atoms with Crippen molar-refractivity contribution in [1.82, 2.24) is 0 Å². The average molecular weight is 322 g/mol. The van der Waals surface area contributed by atoms with Crippen molar-refractivity contribution in [3.63, 3.8) is 0 Å². The minimum absolute atomic E-state index is 0.0915. The van der Waals surface area contributed by atoms with E-state index in [4.69, 9.17) is 19.2 Å². The summed E-state index contributed by atoms with van der Waals surface area (Å²) in [7, 11) is 0. The number of carbonyl (C=O) groups excluding carboxylic acids is 1. The van der Waals surface area contributed by atoms with Gasteiger partial charge in [-0.3, -0.25) is 4.79 Å². The molecule has 1 aliphatic carbocycles. The summed E-state index contributed by atoms with van der Waals surface area (Å²) >= 11 is 0. The molecule has 128 valence electrons. The Morgan fingerprint density at radius 3 is 2.83 bits per heavy atom. The zero-order valence-corrected chi connectivity index (χ0v) is 14.1. The fraction of sp³-hybridized carbons (Fsp3) is 0.833. The van der Waals surface area contributed by atoms with Gasteiger partial charge in [-0.1, -0.05) is 19.1 Å². The molecule has 0 aromatic rings. The predicted octanol–water partition coefficient (Wildman–Crippen LogP) is 3.34. The Labute approximate surface area is 137 Å². The van der Waals surface area contributed by atoms with E-state index in [-0.39, 0.29) is 17.8 Å². The fourth-order valence-electron chi connectivity index (χ4n) is 5.16. The van der Waals surface area contributed by atoms with Crippen LogP contribution in [0.1, 0.15) is 52.9 Å². The third-order valence-electron chi connectivity index (χ3n) is 6.41. The van der Waals surface area contributed by atoms with Crippen molar-refractivity contribution in [2.45, 2.75) is 70.6 Å². The molecule has 5 nitrogen and oxygen atoms in total. The first-order valence-electron chi connectivity index (χ1n) is 8.86. The maximum absolute atomic E-state index is 12.6. The van der Waals surface area contributed by atoms with Crippen molar-refractivity contribution in [3.05, 3.63) is 12.2 Å². The van der Waals surface area contributed by atoms with Gasteiger partial charge in [0.15, 0.2) is 5.60 Å². The van der Waals surface area contributed by atoms with Gasteiger partial charge in [0.25, 0.3) is 0 Å². The Morgan fingerprint density at radius 2 is 2.04 bits per heavy atom. The van der Waals surface area contributed by atoms with Crippen LogP contribution < -0.4 is 0 Å². The van der Waals surface area contributed by atoms with Crippen LogP contribution in [0.15, 0.2) is 12.2 Å². The molecule has 0 aromatic heterocycles. The highest BCUT2D eigenvalue weighted by Gasteiger charge is 2.70. The van der Waals surface area contributed by atoms with Gasteiger partial charge in [-0.05, 0) is 45.4 Å². The second-order valence-electron chi connectivity index (χ2n) is 7.76. The summed E-state index contributed by atoms with van der Waals surface area (Å²) < 4.78 is 11.8. The Hall–Kier alpha value is -0.910. The molecule has 5 fully saturated rings. The summed E-state index contributed by atoms with van der Waals surface area (Å²) in [5, 5.41) is 0. The molecule has 2 bridgehead atoms. The molecule has 5 aliphatic rings. The monoisotopic (exact) mass is 322 g/mol. The van der Waals surface area contributed by atoms with E-state index in [1.54, 1.807) is 0 Å². The highest BCUT2D eigenvalue weighted by Crippen LogP contribution is 2.60. The van der Waals surface area contributed by atoms with Crippen LogP contribution in [-0.2, 0) is 24.0 Å². The van der Waals surface area contributed by atoms with E-state index in [1.165, 1.54) is 0 Å². The van der Waals surface area contributed by atoms with Crippen molar-refractivity contribution in [2.75, 3.05) is 0 Å². The molecule has 0 radical (unpaired) electrons. The molecule has 0 unspecified atom stereocenters. The maximum Gasteiger partial charge on any atom is 0.312 e. The summed E-state index contributed by atoms with van der Waals surface area (Å²) in [6.45, 7) is 6.12. The van der Waals surface area contributed by atoms with E-state index in [9.17, 15) is 4.79 Å². The number of fused-ring (bicyclic) bond motifs is 2. The third kappa shape index (κ3) is 2.13. The highest BCUT2D eigenvalue weighted by atomic mass is 17.3. The standard InChI is InChI=1S/C18H26O5/c1-4-5-6-12-14-8-7-11(2)13-9-10-17(3)21-16(20-15(12)19)18(13,14)23-22-17/h4-5,11-14,16H,6-10H2,1-3H3/b5-4-/t11-,12-,13+,14+,16-,17-,18-/m1/s1. The summed E-state index contributed by atoms with van der Waals surface area (Å²) in [5.41, 5.74) is -0.645. The van der Waals surface area contributed by atoms with Gasteiger partial charge >= 0.3 is 5.97 Å². The van der Waals surface area contributed by atoms with Crippen LogP contribution in [0.25, 0.3) is 0 Å². The van der Waals surface area contributed by atoms with Gasteiger partial charge in [0.2, 0.25) is 12.1 Å². The van der Waals surface area contributed by atoms with Crippen LogP contribution in [0.5, 0.6) is 0 Å². The number of allylic oxidation sites excluding steroid dienone is 2. The molecule has 0 aromatic carbocycles. The molecule has 4 heterocycles. The number of ether oxygens (including phenoxy) is 2. The molecule has 7 atom stereocenters. The molecule has 0 amide bonds. The lowest BCUT2D eigenvalue weighted by Gasteiger charge is -2.58. The van der Waals surface area contributed by atoms with Crippen LogP contribution in [0.2, 0.25) is 0 Å². The Kier molecular flexibility index (Phi) is 3.59. The summed E-state index contributed by atoms with van der Waals surface area (Å²) in [6, 6.07) is 0. The molecule has 1 spiro atoms. The Morgan fingerprint density at radius 1 is 1.22 bits per heavy atom. The van der Waals surface area contributed by atoms with Crippen molar-refractivity contribution in [1.29, 1.82) is 0 Å². The van der Waals surface area contributed by atoms with E-state index >= 15 is 0 Å².